The van der Waals surface area contributed by atoms with E-state index in [4.69, 9.17) is 0 Å². The van der Waals surface area contributed by atoms with Crippen molar-refractivity contribution in [3.05, 3.63) is 0 Å². The molecule has 0 saturated heterocycles. The van der Waals surface area contributed by atoms with Crippen molar-refractivity contribution in [1.29, 1.82) is 0 Å². The highest BCUT2D eigenvalue weighted by molar-refractivity contribution is 4.89. The molecule has 0 heterocycles. The van der Waals surface area contributed by atoms with E-state index >= 15 is 0 Å². The Labute approximate surface area is 99.8 Å². The van der Waals surface area contributed by atoms with E-state index in [1.54, 1.807) is 6.92 Å². The molecule has 2 saturated carbocycles. The van der Waals surface area contributed by atoms with Crippen LogP contribution in [-0.2, 0) is 0 Å². The van der Waals surface area contributed by atoms with Crippen LogP contribution in [0.15, 0.2) is 0 Å². The first kappa shape index (κ1) is 13.2. The van der Waals surface area contributed by atoms with Crippen molar-refractivity contribution in [2.45, 2.75) is 63.7 Å². The van der Waals surface area contributed by atoms with Crippen LogP contribution in [0.5, 0.6) is 0 Å². The molecule has 2 fully saturated rings. The third kappa shape index (κ3) is 2.94. The Morgan fingerprint density at radius 2 is 1.35 bits per heavy atom. The number of hydrogen-bond donors (Lipinski definition) is 0. The van der Waals surface area contributed by atoms with E-state index in [2.05, 4.69) is 0 Å². The Balaban J connectivity index is 1.89. The van der Waals surface area contributed by atoms with Gasteiger partial charge in [-0.1, -0.05) is 6.92 Å². The molecule has 1 unspecified atom stereocenters. The van der Waals surface area contributed by atoms with Gasteiger partial charge in [-0.05, 0) is 37.5 Å². The summed E-state index contributed by atoms with van der Waals surface area (Å²) in [5.41, 5.74) is 0. The first-order chi connectivity index (χ1) is 7.80. The largest absolute Gasteiger partial charge is 0.250 e. The van der Waals surface area contributed by atoms with Crippen LogP contribution in [0, 0.1) is 17.8 Å². The lowest BCUT2D eigenvalue weighted by atomic mass is 9.69. The van der Waals surface area contributed by atoms with Crippen LogP contribution in [0.3, 0.4) is 0 Å². The zero-order valence-electron chi connectivity index (χ0n) is 10.2. The molecule has 0 bridgehead atoms. The molecule has 0 nitrogen and oxygen atoms in total. The molecule has 0 aromatic heterocycles. The molecule has 2 rings (SSSR count). The minimum absolute atomic E-state index is 0.0566. The molecule has 0 radical (unpaired) electrons. The zero-order valence-corrected chi connectivity index (χ0v) is 10.2. The summed E-state index contributed by atoms with van der Waals surface area (Å²) in [5.74, 6) is -5.17. The normalized spacial score (nSPS) is 37.9. The number of rotatable bonds is 1. The molecule has 100 valence electrons. The van der Waals surface area contributed by atoms with E-state index in [1.165, 1.54) is 0 Å². The summed E-state index contributed by atoms with van der Waals surface area (Å²) < 4.78 is 52.7. The van der Waals surface area contributed by atoms with Gasteiger partial charge in [0.25, 0.3) is 5.92 Å². The fourth-order valence-electron chi connectivity index (χ4n) is 3.33. The molecular weight excluding hydrogens is 232 g/mol. The van der Waals surface area contributed by atoms with Crippen LogP contribution in [-0.4, -0.2) is 11.8 Å². The van der Waals surface area contributed by atoms with E-state index in [0.29, 0.717) is 25.7 Å². The van der Waals surface area contributed by atoms with E-state index < -0.39 is 17.8 Å². The second-order valence-electron chi connectivity index (χ2n) is 5.89. The average molecular weight is 252 g/mol. The standard InChI is InChI=1S/C13H20F4/c1-9-8-11(4-7-13(9,16)17)10-2-5-12(14,15)6-3-10/h9-11H,2-8H2,1H3/t9-,11?/m1/s1. The van der Waals surface area contributed by atoms with Crippen molar-refractivity contribution >= 4 is 0 Å². The van der Waals surface area contributed by atoms with E-state index in [9.17, 15) is 17.6 Å². The Kier molecular flexibility index (Phi) is 3.43. The van der Waals surface area contributed by atoms with Crippen LogP contribution < -0.4 is 0 Å². The molecular formula is C13H20F4. The van der Waals surface area contributed by atoms with Crippen LogP contribution in [0.4, 0.5) is 17.6 Å². The summed E-state index contributed by atoms with van der Waals surface area (Å²) in [6.07, 6.45) is 1.85. The Morgan fingerprint density at radius 3 is 1.88 bits per heavy atom. The molecule has 2 aliphatic carbocycles. The van der Waals surface area contributed by atoms with Crippen LogP contribution in [0.25, 0.3) is 0 Å². The minimum atomic E-state index is -2.55. The number of halogens is 4. The maximum absolute atomic E-state index is 13.3. The monoisotopic (exact) mass is 252 g/mol. The molecule has 2 atom stereocenters. The fraction of sp³-hybridized carbons (Fsp3) is 1.00. The van der Waals surface area contributed by atoms with E-state index in [-0.39, 0.29) is 31.1 Å². The minimum Gasteiger partial charge on any atom is -0.207 e. The zero-order chi connectivity index (χ0) is 12.7. The van der Waals surface area contributed by atoms with Gasteiger partial charge in [0.05, 0.1) is 0 Å². The van der Waals surface area contributed by atoms with Gasteiger partial charge < -0.3 is 0 Å². The number of alkyl halides is 4. The summed E-state index contributed by atoms with van der Waals surface area (Å²) in [6, 6.07) is 0. The van der Waals surface area contributed by atoms with Gasteiger partial charge in [-0.3, -0.25) is 0 Å². The van der Waals surface area contributed by atoms with Gasteiger partial charge in [-0.2, -0.15) is 0 Å². The van der Waals surface area contributed by atoms with Crippen molar-refractivity contribution in [1.82, 2.24) is 0 Å². The van der Waals surface area contributed by atoms with Crippen molar-refractivity contribution < 1.29 is 17.6 Å². The Morgan fingerprint density at radius 1 is 0.824 bits per heavy atom. The van der Waals surface area contributed by atoms with Crippen molar-refractivity contribution in [3.63, 3.8) is 0 Å². The Bertz CT molecular complexity index is 265. The quantitative estimate of drug-likeness (QED) is 0.583. The maximum atomic E-state index is 13.3. The Hall–Kier alpha value is -0.280. The molecule has 0 aliphatic heterocycles. The molecule has 0 spiro atoms. The fourth-order valence-corrected chi connectivity index (χ4v) is 3.33. The van der Waals surface area contributed by atoms with Gasteiger partial charge >= 0.3 is 0 Å². The summed E-state index contributed by atoms with van der Waals surface area (Å²) in [5, 5.41) is 0. The van der Waals surface area contributed by atoms with Crippen molar-refractivity contribution in [2.75, 3.05) is 0 Å². The van der Waals surface area contributed by atoms with E-state index in [0.717, 1.165) is 0 Å². The summed E-state index contributed by atoms with van der Waals surface area (Å²) in [6.45, 7) is 1.59. The van der Waals surface area contributed by atoms with Crippen LogP contribution in [0.2, 0.25) is 0 Å². The second kappa shape index (κ2) is 4.43. The lowest BCUT2D eigenvalue weighted by molar-refractivity contribution is -0.107. The van der Waals surface area contributed by atoms with Crippen molar-refractivity contribution in [3.8, 4) is 0 Å². The highest BCUT2D eigenvalue weighted by atomic mass is 19.3. The second-order valence-corrected chi connectivity index (χ2v) is 5.89. The molecule has 4 heteroatoms. The SMILES string of the molecule is C[C@@H]1CC(C2CCC(F)(F)CC2)CCC1(F)F. The van der Waals surface area contributed by atoms with Crippen LogP contribution in [0.1, 0.15) is 51.9 Å². The highest BCUT2D eigenvalue weighted by Gasteiger charge is 2.45. The summed E-state index contributed by atoms with van der Waals surface area (Å²) in [7, 11) is 0. The average Bonchev–Trinajstić information content (AvgIpc) is 2.23. The third-order valence-corrected chi connectivity index (χ3v) is 4.65. The van der Waals surface area contributed by atoms with Gasteiger partial charge in [0.2, 0.25) is 5.92 Å². The predicted molar refractivity (Wildman–Crippen MR) is 58.4 cm³/mol. The summed E-state index contributed by atoms with van der Waals surface area (Å²) in [4.78, 5) is 0. The first-order valence-corrected chi connectivity index (χ1v) is 6.56. The van der Waals surface area contributed by atoms with Gasteiger partial charge in [-0.25, -0.2) is 17.6 Å². The van der Waals surface area contributed by atoms with Crippen molar-refractivity contribution in [2.24, 2.45) is 17.8 Å². The van der Waals surface area contributed by atoms with E-state index in [1.807, 2.05) is 0 Å². The lowest BCUT2D eigenvalue weighted by Gasteiger charge is -2.40. The first-order valence-electron chi connectivity index (χ1n) is 6.56. The maximum Gasteiger partial charge on any atom is 0.250 e. The third-order valence-electron chi connectivity index (χ3n) is 4.65. The smallest absolute Gasteiger partial charge is 0.207 e. The van der Waals surface area contributed by atoms with Gasteiger partial charge in [0, 0.05) is 25.2 Å². The highest BCUT2D eigenvalue weighted by Crippen LogP contribution is 2.48. The van der Waals surface area contributed by atoms with Crippen LogP contribution >= 0.6 is 0 Å². The molecule has 0 aromatic carbocycles. The molecule has 0 amide bonds. The van der Waals surface area contributed by atoms with Gasteiger partial charge in [0.1, 0.15) is 0 Å². The van der Waals surface area contributed by atoms with Gasteiger partial charge in [0.15, 0.2) is 0 Å². The molecule has 0 N–H and O–H groups in total. The summed E-state index contributed by atoms with van der Waals surface area (Å²) >= 11 is 0. The lowest BCUT2D eigenvalue weighted by Crippen LogP contribution is -2.37. The number of hydrogen-bond acceptors (Lipinski definition) is 0. The molecule has 2 aliphatic rings. The molecule has 0 aromatic rings. The topological polar surface area (TPSA) is 0 Å². The molecule has 17 heavy (non-hydrogen) atoms. The van der Waals surface area contributed by atoms with Gasteiger partial charge in [-0.15, -0.1) is 0 Å². The predicted octanol–water partition coefficient (Wildman–Crippen LogP) is 4.88.